The quantitative estimate of drug-likeness (QED) is 0.863. The van der Waals surface area contributed by atoms with E-state index < -0.39 is 5.60 Å². The number of pyridine rings is 1. The Kier molecular flexibility index (Phi) is 4.41. The first-order valence-electron chi connectivity index (χ1n) is 8.01. The van der Waals surface area contributed by atoms with Crippen LogP contribution in [0.1, 0.15) is 54.7 Å². The van der Waals surface area contributed by atoms with Gasteiger partial charge in [-0.2, -0.15) is 0 Å². The van der Waals surface area contributed by atoms with Gasteiger partial charge in [-0.05, 0) is 56.9 Å². The molecule has 0 aliphatic carbocycles. The summed E-state index contributed by atoms with van der Waals surface area (Å²) in [5.41, 5.74) is -0.201. The Bertz CT molecular complexity index is 778. The fourth-order valence-corrected chi connectivity index (χ4v) is 2.77. The molecule has 1 fully saturated rings. The predicted octanol–water partition coefficient (Wildman–Crippen LogP) is 2.77. The van der Waals surface area contributed by atoms with Gasteiger partial charge in [0.2, 0.25) is 0 Å². The first kappa shape index (κ1) is 16.3. The number of likely N-dealkylation sites (tertiary alicyclic amines) is 1. The number of nitrogens with zero attached hydrogens (tertiary/aromatic N) is 2. The van der Waals surface area contributed by atoms with Gasteiger partial charge in [-0.25, -0.2) is 0 Å². The van der Waals surface area contributed by atoms with Crippen LogP contribution in [-0.2, 0) is 0 Å². The number of rotatable bonds is 2. The van der Waals surface area contributed by atoms with Crippen molar-refractivity contribution in [1.29, 1.82) is 0 Å². The third kappa shape index (κ3) is 3.66. The van der Waals surface area contributed by atoms with E-state index in [1.165, 1.54) is 0 Å². The topological polar surface area (TPSA) is 66.6 Å². The maximum absolute atomic E-state index is 12.8. The van der Waals surface area contributed by atoms with E-state index >= 15 is 0 Å². The number of hydrogen-bond acceptors (Lipinski definition) is 4. The van der Waals surface area contributed by atoms with Crippen LogP contribution in [-0.4, -0.2) is 33.0 Å². The molecule has 1 atom stereocenters. The molecule has 1 aliphatic heterocycles. The zero-order valence-electron chi connectivity index (χ0n) is 13.8. The molecule has 124 valence electrons. The summed E-state index contributed by atoms with van der Waals surface area (Å²) in [7, 11) is 0. The van der Waals surface area contributed by atoms with Crippen LogP contribution in [0.4, 0.5) is 0 Å². The first-order chi connectivity index (χ1) is 11.4. The Balaban J connectivity index is 1.79. The fraction of sp³-hybridized carbons (Fsp3) is 0.368. The Morgan fingerprint density at radius 3 is 2.92 bits per heavy atom. The second kappa shape index (κ2) is 6.50. The highest BCUT2D eigenvalue weighted by atomic mass is 16.4. The summed E-state index contributed by atoms with van der Waals surface area (Å²) in [5.74, 6) is 5.89. The number of aromatic nitrogens is 1. The van der Waals surface area contributed by atoms with E-state index in [4.69, 9.17) is 4.42 Å². The molecule has 2 aromatic heterocycles. The number of aliphatic hydroxyl groups is 1. The van der Waals surface area contributed by atoms with E-state index in [-0.39, 0.29) is 17.7 Å². The standard InChI is InChI=1S/C19H20N2O3/c1-19(2,23)11-10-14-8-9-17(24-14)18(22)21-13-5-7-16(21)15-6-3-4-12-20-15/h3-4,6,8-9,12,16,23H,5,7,13H2,1-2H3/t16-/m1/s1. The van der Waals surface area contributed by atoms with E-state index in [1.54, 1.807) is 37.1 Å². The minimum absolute atomic E-state index is 0.0188. The zero-order valence-corrected chi connectivity index (χ0v) is 13.8. The van der Waals surface area contributed by atoms with Gasteiger partial charge in [0.25, 0.3) is 5.91 Å². The SMILES string of the molecule is CC(C)(O)C#Cc1ccc(C(=O)N2CCC[C@@H]2c2ccccn2)o1. The lowest BCUT2D eigenvalue weighted by Gasteiger charge is -2.23. The lowest BCUT2D eigenvalue weighted by molar-refractivity contribution is 0.0700. The van der Waals surface area contributed by atoms with Crippen molar-refractivity contribution in [2.24, 2.45) is 0 Å². The molecule has 1 saturated heterocycles. The Morgan fingerprint density at radius 2 is 2.21 bits per heavy atom. The molecule has 2 aromatic rings. The van der Waals surface area contributed by atoms with Crippen molar-refractivity contribution in [2.75, 3.05) is 6.54 Å². The molecule has 0 aromatic carbocycles. The van der Waals surface area contributed by atoms with Crippen LogP contribution in [0.2, 0.25) is 0 Å². The van der Waals surface area contributed by atoms with Crippen molar-refractivity contribution < 1.29 is 14.3 Å². The van der Waals surface area contributed by atoms with Crippen molar-refractivity contribution in [3.05, 3.63) is 53.7 Å². The first-order valence-corrected chi connectivity index (χ1v) is 8.01. The lowest BCUT2D eigenvalue weighted by Crippen LogP contribution is -2.30. The van der Waals surface area contributed by atoms with E-state index in [9.17, 15) is 9.90 Å². The van der Waals surface area contributed by atoms with Gasteiger partial charge in [-0.15, -0.1) is 0 Å². The van der Waals surface area contributed by atoms with Crippen LogP contribution in [0.15, 0.2) is 40.9 Å². The average Bonchev–Trinajstić information content (AvgIpc) is 3.22. The monoisotopic (exact) mass is 324 g/mol. The van der Waals surface area contributed by atoms with Crippen molar-refractivity contribution in [1.82, 2.24) is 9.88 Å². The highest BCUT2D eigenvalue weighted by Crippen LogP contribution is 2.32. The van der Waals surface area contributed by atoms with Gasteiger partial charge >= 0.3 is 0 Å². The molecule has 0 radical (unpaired) electrons. The molecule has 0 unspecified atom stereocenters. The number of hydrogen-bond donors (Lipinski definition) is 1. The van der Waals surface area contributed by atoms with E-state index in [0.29, 0.717) is 12.3 Å². The zero-order chi connectivity index (χ0) is 17.2. The van der Waals surface area contributed by atoms with E-state index in [1.807, 2.05) is 18.2 Å². The number of carbonyl (C=O) groups excluding carboxylic acids is 1. The molecular weight excluding hydrogens is 304 g/mol. The van der Waals surface area contributed by atoms with Crippen LogP contribution >= 0.6 is 0 Å². The molecule has 24 heavy (non-hydrogen) atoms. The highest BCUT2D eigenvalue weighted by molar-refractivity contribution is 5.92. The number of amides is 1. The van der Waals surface area contributed by atoms with Crippen molar-refractivity contribution in [3.63, 3.8) is 0 Å². The predicted molar refractivity (Wildman–Crippen MR) is 89.1 cm³/mol. The van der Waals surface area contributed by atoms with Crippen LogP contribution in [0.3, 0.4) is 0 Å². The summed E-state index contributed by atoms with van der Waals surface area (Å²) in [4.78, 5) is 18.9. The highest BCUT2D eigenvalue weighted by Gasteiger charge is 2.32. The molecule has 5 heteroatoms. The number of carbonyl (C=O) groups is 1. The molecule has 1 amide bonds. The second-order valence-electron chi connectivity index (χ2n) is 6.38. The van der Waals surface area contributed by atoms with Gasteiger partial charge in [-0.3, -0.25) is 9.78 Å². The van der Waals surface area contributed by atoms with Gasteiger partial charge < -0.3 is 14.4 Å². The molecule has 5 nitrogen and oxygen atoms in total. The maximum Gasteiger partial charge on any atom is 0.290 e. The van der Waals surface area contributed by atoms with Gasteiger partial charge in [0.15, 0.2) is 11.5 Å². The van der Waals surface area contributed by atoms with Crippen LogP contribution < -0.4 is 0 Å². The van der Waals surface area contributed by atoms with Crippen molar-refractivity contribution >= 4 is 5.91 Å². The maximum atomic E-state index is 12.8. The molecule has 0 spiro atoms. The van der Waals surface area contributed by atoms with E-state index in [2.05, 4.69) is 16.8 Å². The molecular formula is C19H20N2O3. The second-order valence-corrected chi connectivity index (χ2v) is 6.38. The largest absolute Gasteiger partial charge is 0.443 e. The van der Waals surface area contributed by atoms with Gasteiger partial charge in [0.05, 0.1) is 11.7 Å². The van der Waals surface area contributed by atoms with Gasteiger partial charge in [-0.1, -0.05) is 12.0 Å². The third-order valence-corrected chi connectivity index (χ3v) is 3.85. The van der Waals surface area contributed by atoms with Crippen LogP contribution in [0, 0.1) is 11.8 Å². The molecule has 3 heterocycles. The Hall–Kier alpha value is -2.58. The Labute approximate surface area is 141 Å². The fourth-order valence-electron chi connectivity index (χ4n) is 2.77. The third-order valence-electron chi connectivity index (χ3n) is 3.85. The van der Waals surface area contributed by atoms with Gasteiger partial charge in [0.1, 0.15) is 5.60 Å². The minimum Gasteiger partial charge on any atom is -0.443 e. The molecule has 1 aliphatic rings. The average molecular weight is 324 g/mol. The van der Waals surface area contributed by atoms with Crippen LogP contribution in [0.25, 0.3) is 0 Å². The molecule has 3 rings (SSSR count). The molecule has 0 bridgehead atoms. The van der Waals surface area contributed by atoms with E-state index in [0.717, 1.165) is 18.5 Å². The van der Waals surface area contributed by atoms with Crippen molar-refractivity contribution in [2.45, 2.75) is 38.3 Å². The lowest BCUT2D eigenvalue weighted by atomic mass is 10.1. The molecule has 1 N–H and O–H groups in total. The van der Waals surface area contributed by atoms with Gasteiger partial charge in [0, 0.05) is 12.7 Å². The summed E-state index contributed by atoms with van der Waals surface area (Å²) < 4.78 is 5.54. The normalized spacial score (nSPS) is 17.5. The molecule has 0 saturated carbocycles. The summed E-state index contributed by atoms with van der Waals surface area (Å²) in [6.45, 7) is 3.87. The van der Waals surface area contributed by atoms with Crippen LogP contribution in [0.5, 0.6) is 0 Å². The minimum atomic E-state index is -1.10. The number of furan rings is 1. The summed E-state index contributed by atoms with van der Waals surface area (Å²) in [5, 5.41) is 9.63. The van der Waals surface area contributed by atoms with Crippen molar-refractivity contribution in [3.8, 4) is 11.8 Å². The summed E-state index contributed by atoms with van der Waals surface area (Å²) >= 11 is 0. The summed E-state index contributed by atoms with van der Waals surface area (Å²) in [6.07, 6.45) is 3.58. The Morgan fingerprint density at radius 1 is 1.38 bits per heavy atom. The smallest absolute Gasteiger partial charge is 0.290 e. The summed E-state index contributed by atoms with van der Waals surface area (Å²) in [6, 6.07) is 9.00.